The van der Waals surface area contributed by atoms with Gasteiger partial charge in [0.1, 0.15) is 0 Å². The fraction of sp³-hybridized carbons (Fsp3) is 0.438. The largest absolute Gasteiger partial charge is 0.469 e. The van der Waals surface area contributed by atoms with Gasteiger partial charge in [-0.3, -0.25) is 4.79 Å². The van der Waals surface area contributed by atoms with Crippen LogP contribution in [-0.2, 0) is 16.1 Å². The molecule has 3 nitrogen and oxygen atoms in total. The predicted octanol–water partition coefficient (Wildman–Crippen LogP) is 3.21. The molecule has 0 saturated heterocycles. The summed E-state index contributed by atoms with van der Waals surface area (Å²) in [7, 11) is 1.44. The molecule has 0 N–H and O–H groups in total. The molecule has 0 bridgehead atoms. The van der Waals surface area contributed by atoms with Gasteiger partial charge in [-0.15, -0.1) is 0 Å². The van der Waals surface area contributed by atoms with Crippen molar-refractivity contribution in [3.05, 3.63) is 41.6 Å². The van der Waals surface area contributed by atoms with E-state index in [0.717, 1.165) is 18.7 Å². The van der Waals surface area contributed by atoms with Crippen molar-refractivity contribution in [3.8, 4) is 0 Å². The number of hydrogen-bond donors (Lipinski definition) is 0. The Hall–Kier alpha value is -1.77. The van der Waals surface area contributed by atoms with Gasteiger partial charge < -0.3 is 9.64 Å². The molecular formula is C16H21NO2. The van der Waals surface area contributed by atoms with Gasteiger partial charge in [-0.25, -0.2) is 0 Å². The summed E-state index contributed by atoms with van der Waals surface area (Å²) in [6, 6.07) is 8.30. The van der Waals surface area contributed by atoms with E-state index in [1.54, 1.807) is 0 Å². The maximum absolute atomic E-state index is 11.5. The molecule has 0 atom stereocenters. The third kappa shape index (κ3) is 3.37. The standard InChI is InChI=1S/C16H21NO2/c1-3-4-9-17-11-13-7-5-6-8-15(13)14(12-17)10-16(18)19-2/h5-8,12H,3-4,9-11H2,1-2H3. The van der Waals surface area contributed by atoms with Gasteiger partial charge in [-0.05, 0) is 23.1 Å². The monoisotopic (exact) mass is 259 g/mol. The van der Waals surface area contributed by atoms with Crippen molar-refractivity contribution in [2.45, 2.75) is 32.7 Å². The Morgan fingerprint density at radius 1 is 1.37 bits per heavy atom. The van der Waals surface area contributed by atoms with Crippen LogP contribution in [-0.4, -0.2) is 24.5 Å². The molecule has 0 aliphatic carbocycles. The minimum atomic E-state index is -0.182. The molecule has 0 aromatic heterocycles. The summed E-state index contributed by atoms with van der Waals surface area (Å²) in [5, 5.41) is 0. The number of fused-ring (bicyclic) bond motifs is 1. The van der Waals surface area contributed by atoms with Gasteiger partial charge in [-0.1, -0.05) is 37.6 Å². The first kappa shape index (κ1) is 13.7. The van der Waals surface area contributed by atoms with Crippen LogP contribution in [0.15, 0.2) is 30.5 Å². The second kappa shape index (κ2) is 6.41. The number of rotatable bonds is 5. The number of unbranched alkanes of at least 4 members (excludes halogenated alkanes) is 1. The summed E-state index contributed by atoms with van der Waals surface area (Å²) >= 11 is 0. The topological polar surface area (TPSA) is 29.5 Å². The van der Waals surface area contributed by atoms with Crippen LogP contribution >= 0.6 is 0 Å². The van der Waals surface area contributed by atoms with Crippen LogP contribution in [0.25, 0.3) is 5.57 Å². The van der Waals surface area contributed by atoms with Crippen LogP contribution in [0, 0.1) is 0 Å². The normalized spacial score (nSPS) is 13.8. The molecule has 1 heterocycles. The number of carbonyl (C=O) groups is 1. The highest BCUT2D eigenvalue weighted by atomic mass is 16.5. The van der Waals surface area contributed by atoms with Gasteiger partial charge in [0.2, 0.25) is 0 Å². The zero-order chi connectivity index (χ0) is 13.7. The van der Waals surface area contributed by atoms with Crippen LogP contribution in [0.3, 0.4) is 0 Å². The third-order valence-electron chi connectivity index (χ3n) is 3.44. The van der Waals surface area contributed by atoms with Gasteiger partial charge in [0, 0.05) is 19.3 Å². The highest BCUT2D eigenvalue weighted by Crippen LogP contribution is 2.29. The van der Waals surface area contributed by atoms with Crippen molar-refractivity contribution in [3.63, 3.8) is 0 Å². The molecule has 0 unspecified atom stereocenters. The van der Waals surface area contributed by atoms with Gasteiger partial charge in [0.15, 0.2) is 0 Å². The minimum absolute atomic E-state index is 0.182. The molecule has 0 amide bonds. The molecule has 102 valence electrons. The Morgan fingerprint density at radius 3 is 2.89 bits per heavy atom. The first-order valence-electron chi connectivity index (χ1n) is 6.84. The van der Waals surface area contributed by atoms with Crippen molar-refractivity contribution in [2.75, 3.05) is 13.7 Å². The number of hydrogen-bond acceptors (Lipinski definition) is 3. The maximum Gasteiger partial charge on any atom is 0.310 e. The first-order valence-corrected chi connectivity index (χ1v) is 6.84. The average Bonchev–Trinajstić information content (AvgIpc) is 2.45. The maximum atomic E-state index is 11.5. The van der Waals surface area contributed by atoms with Gasteiger partial charge >= 0.3 is 5.97 Å². The number of benzene rings is 1. The van der Waals surface area contributed by atoms with Crippen LogP contribution in [0.5, 0.6) is 0 Å². The Balaban J connectivity index is 2.23. The van der Waals surface area contributed by atoms with E-state index >= 15 is 0 Å². The second-order valence-corrected chi connectivity index (χ2v) is 4.89. The van der Waals surface area contributed by atoms with E-state index in [1.807, 2.05) is 6.07 Å². The summed E-state index contributed by atoms with van der Waals surface area (Å²) in [5.74, 6) is -0.182. The smallest absolute Gasteiger partial charge is 0.310 e. The lowest BCUT2D eigenvalue weighted by Crippen LogP contribution is -2.23. The van der Waals surface area contributed by atoms with Crippen LogP contribution in [0.4, 0.5) is 0 Å². The van der Waals surface area contributed by atoms with Gasteiger partial charge in [0.05, 0.1) is 13.5 Å². The SMILES string of the molecule is CCCCN1C=C(CC(=O)OC)c2ccccc2C1. The number of nitrogens with zero attached hydrogens (tertiary/aromatic N) is 1. The first-order chi connectivity index (χ1) is 9.24. The molecule has 19 heavy (non-hydrogen) atoms. The quantitative estimate of drug-likeness (QED) is 0.760. The highest BCUT2D eigenvalue weighted by Gasteiger charge is 2.18. The molecular weight excluding hydrogens is 238 g/mol. The molecule has 0 spiro atoms. The van der Waals surface area contributed by atoms with Crippen molar-refractivity contribution in [1.29, 1.82) is 0 Å². The van der Waals surface area contributed by atoms with Crippen molar-refractivity contribution in [2.24, 2.45) is 0 Å². The summed E-state index contributed by atoms with van der Waals surface area (Å²) in [6.45, 7) is 4.16. The molecule has 1 aromatic rings. The fourth-order valence-corrected chi connectivity index (χ4v) is 2.40. The number of ether oxygens (including phenoxy) is 1. The minimum Gasteiger partial charge on any atom is -0.469 e. The van der Waals surface area contributed by atoms with Crippen LogP contribution < -0.4 is 0 Å². The Labute approximate surface area is 114 Å². The van der Waals surface area contributed by atoms with E-state index in [9.17, 15) is 4.79 Å². The van der Waals surface area contributed by atoms with E-state index in [2.05, 4.69) is 36.2 Å². The lowest BCUT2D eigenvalue weighted by Gasteiger charge is -2.28. The molecule has 0 fully saturated rings. The summed E-state index contributed by atoms with van der Waals surface area (Å²) < 4.78 is 4.79. The average molecular weight is 259 g/mol. The predicted molar refractivity (Wildman–Crippen MR) is 76.4 cm³/mol. The number of carbonyl (C=O) groups excluding carboxylic acids is 1. The molecule has 1 aliphatic heterocycles. The van der Waals surface area contributed by atoms with Crippen LogP contribution in [0.1, 0.15) is 37.3 Å². The Kier molecular flexibility index (Phi) is 4.61. The van der Waals surface area contributed by atoms with Crippen molar-refractivity contribution < 1.29 is 9.53 Å². The molecule has 0 radical (unpaired) electrons. The van der Waals surface area contributed by atoms with E-state index in [0.29, 0.717) is 6.42 Å². The lowest BCUT2D eigenvalue weighted by molar-refractivity contribution is -0.139. The van der Waals surface area contributed by atoms with Crippen LogP contribution in [0.2, 0.25) is 0 Å². The molecule has 1 aromatic carbocycles. The molecule has 0 saturated carbocycles. The molecule has 1 aliphatic rings. The van der Waals surface area contributed by atoms with Crippen molar-refractivity contribution >= 4 is 11.5 Å². The lowest BCUT2D eigenvalue weighted by atomic mass is 9.94. The summed E-state index contributed by atoms with van der Waals surface area (Å²) in [6.07, 6.45) is 4.81. The Bertz CT molecular complexity index is 479. The Morgan fingerprint density at radius 2 is 2.16 bits per heavy atom. The zero-order valence-electron chi connectivity index (χ0n) is 11.7. The van der Waals surface area contributed by atoms with Crippen molar-refractivity contribution in [1.82, 2.24) is 4.90 Å². The highest BCUT2D eigenvalue weighted by molar-refractivity contribution is 5.86. The van der Waals surface area contributed by atoms with Gasteiger partial charge in [0.25, 0.3) is 0 Å². The third-order valence-corrected chi connectivity index (χ3v) is 3.44. The molecule has 2 rings (SSSR count). The van der Waals surface area contributed by atoms with E-state index in [1.165, 1.54) is 31.1 Å². The number of esters is 1. The molecule has 3 heteroatoms. The van der Waals surface area contributed by atoms with E-state index < -0.39 is 0 Å². The van der Waals surface area contributed by atoms with E-state index in [-0.39, 0.29) is 5.97 Å². The van der Waals surface area contributed by atoms with E-state index in [4.69, 9.17) is 4.74 Å². The fourth-order valence-electron chi connectivity index (χ4n) is 2.40. The summed E-state index contributed by atoms with van der Waals surface area (Å²) in [4.78, 5) is 13.8. The summed E-state index contributed by atoms with van der Waals surface area (Å²) in [5.41, 5.74) is 3.53. The second-order valence-electron chi connectivity index (χ2n) is 4.89. The zero-order valence-corrected chi connectivity index (χ0v) is 11.7. The number of methoxy groups -OCH3 is 1. The van der Waals surface area contributed by atoms with Gasteiger partial charge in [-0.2, -0.15) is 0 Å².